The number of hydrogen-bond donors (Lipinski definition) is 3. The van der Waals surface area contributed by atoms with Crippen LogP contribution in [0.3, 0.4) is 0 Å². The molecule has 7 nitrogen and oxygen atoms in total. The zero-order valence-electron chi connectivity index (χ0n) is 10.5. The fourth-order valence-electron chi connectivity index (χ4n) is 1.48. The number of rotatable bonds is 3. The van der Waals surface area contributed by atoms with Gasteiger partial charge in [0.1, 0.15) is 0 Å². The fraction of sp³-hybridized carbons (Fsp3) is 0.250. The van der Waals surface area contributed by atoms with Crippen molar-refractivity contribution < 1.29 is 14.3 Å². The molecule has 0 spiro atoms. The Kier molecular flexibility index (Phi) is 3.76. The van der Waals surface area contributed by atoms with Crippen molar-refractivity contribution in [3.63, 3.8) is 0 Å². The van der Waals surface area contributed by atoms with Crippen molar-refractivity contribution in [2.75, 3.05) is 10.6 Å². The van der Waals surface area contributed by atoms with Crippen LogP contribution in [-0.2, 0) is 0 Å². The minimum atomic E-state index is -0.594. The van der Waals surface area contributed by atoms with Crippen molar-refractivity contribution in [2.24, 2.45) is 0 Å². The molecule has 0 aliphatic carbocycles. The number of aryl methyl sites for hydroxylation is 1. The molecule has 0 radical (unpaired) electrons. The number of aromatic nitrogens is 2. The Bertz CT molecular complexity index is 580. The van der Waals surface area contributed by atoms with Crippen LogP contribution < -0.4 is 10.6 Å². The van der Waals surface area contributed by atoms with Gasteiger partial charge in [0.25, 0.3) is 0 Å². The molecular weight excluding hydrogens is 248 g/mol. The largest absolute Gasteiger partial charge is 0.408 e. The van der Waals surface area contributed by atoms with Crippen LogP contribution in [0.1, 0.15) is 24.5 Å². The summed E-state index contributed by atoms with van der Waals surface area (Å²) >= 11 is 0. The van der Waals surface area contributed by atoms with Crippen molar-refractivity contribution >= 4 is 17.7 Å². The van der Waals surface area contributed by atoms with Crippen molar-refractivity contribution in [1.29, 1.82) is 0 Å². The van der Waals surface area contributed by atoms with Crippen molar-refractivity contribution in [3.05, 3.63) is 35.7 Å². The van der Waals surface area contributed by atoms with Gasteiger partial charge in [-0.3, -0.25) is 5.32 Å². The Morgan fingerprint density at radius 2 is 2.16 bits per heavy atom. The molecule has 3 N–H and O–H groups in total. The number of nitrogens with one attached hydrogen (secondary N) is 2. The van der Waals surface area contributed by atoms with E-state index in [0.717, 1.165) is 0 Å². The third-order valence-electron chi connectivity index (χ3n) is 2.37. The van der Waals surface area contributed by atoms with Gasteiger partial charge in [0.2, 0.25) is 5.89 Å². The van der Waals surface area contributed by atoms with Crippen LogP contribution in [0, 0.1) is 6.92 Å². The zero-order chi connectivity index (χ0) is 13.8. The smallest absolute Gasteiger partial charge is 0.327 e. The van der Waals surface area contributed by atoms with Crippen LogP contribution in [0.15, 0.2) is 28.7 Å². The van der Waals surface area contributed by atoms with Crippen LogP contribution in [-0.4, -0.2) is 21.3 Å². The molecule has 1 unspecified atom stereocenters. The first-order valence-corrected chi connectivity index (χ1v) is 5.71. The summed E-state index contributed by atoms with van der Waals surface area (Å²) in [5, 5.41) is 21.7. The maximum Gasteiger partial charge on any atom is 0.327 e. The van der Waals surface area contributed by atoms with E-state index in [1.54, 1.807) is 38.1 Å². The maximum atomic E-state index is 11.7. The van der Waals surface area contributed by atoms with E-state index >= 15 is 0 Å². The van der Waals surface area contributed by atoms with E-state index in [1.807, 2.05) is 0 Å². The topological polar surface area (TPSA) is 100 Å². The summed E-state index contributed by atoms with van der Waals surface area (Å²) in [6, 6.07) is 6.45. The summed E-state index contributed by atoms with van der Waals surface area (Å²) in [6.45, 7) is 3.28. The second kappa shape index (κ2) is 5.49. The van der Waals surface area contributed by atoms with Gasteiger partial charge in [0.05, 0.1) is 6.10 Å². The van der Waals surface area contributed by atoms with E-state index in [1.165, 1.54) is 0 Å². The first-order chi connectivity index (χ1) is 9.04. The molecule has 7 heteroatoms. The van der Waals surface area contributed by atoms with E-state index in [4.69, 9.17) is 4.42 Å². The number of carbonyl (C=O) groups excluding carboxylic acids is 1. The maximum absolute atomic E-state index is 11.7. The van der Waals surface area contributed by atoms with Gasteiger partial charge in [-0.1, -0.05) is 17.2 Å². The molecule has 1 atom stereocenters. The molecule has 19 heavy (non-hydrogen) atoms. The Balaban J connectivity index is 2.00. The van der Waals surface area contributed by atoms with Crippen LogP contribution >= 0.6 is 0 Å². The minimum absolute atomic E-state index is 0.0293. The number of amides is 2. The van der Waals surface area contributed by atoms with E-state index in [2.05, 4.69) is 20.8 Å². The first-order valence-electron chi connectivity index (χ1n) is 5.71. The second-order valence-electron chi connectivity index (χ2n) is 4.01. The van der Waals surface area contributed by atoms with Gasteiger partial charge in [0, 0.05) is 12.6 Å². The summed E-state index contributed by atoms with van der Waals surface area (Å²) in [7, 11) is 0. The molecule has 2 aromatic rings. The Hall–Kier alpha value is -2.41. The number of benzene rings is 1. The number of aliphatic hydroxyl groups excluding tert-OH is 1. The van der Waals surface area contributed by atoms with Gasteiger partial charge in [-0.25, -0.2) is 4.79 Å². The monoisotopic (exact) mass is 262 g/mol. The van der Waals surface area contributed by atoms with Crippen molar-refractivity contribution in [1.82, 2.24) is 10.2 Å². The quantitative estimate of drug-likeness (QED) is 0.786. The summed E-state index contributed by atoms with van der Waals surface area (Å²) < 4.78 is 5.02. The van der Waals surface area contributed by atoms with Gasteiger partial charge in [-0.15, -0.1) is 5.10 Å². The lowest BCUT2D eigenvalue weighted by atomic mass is 10.1. The molecule has 0 bridgehead atoms. The third-order valence-corrected chi connectivity index (χ3v) is 2.37. The van der Waals surface area contributed by atoms with Gasteiger partial charge >= 0.3 is 12.0 Å². The van der Waals surface area contributed by atoms with Crippen molar-refractivity contribution in [3.8, 4) is 0 Å². The highest BCUT2D eigenvalue weighted by molar-refractivity contribution is 5.98. The predicted molar refractivity (Wildman–Crippen MR) is 68.8 cm³/mol. The van der Waals surface area contributed by atoms with E-state index < -0.39 is 12.1 Å². The average Bonchev–Trinajstić information content (AvgIpc) is 2.74. The molecule has 0 aliphatic rings. The molecule has 2 rings (SSSR count). The molecule has 1 aromatic heterocycles. The molecular formula is C12H14N4O3. The molecule has 0 saturated carbocycles. The molecule has 100 valence electrons. The average molecular weight is 262 g/mol. The standard InChI is InChI=1S/C12H14N4O3/c1-7(17)9-4-3-5-10(6-9)13-11(18)14-12-16-15-8(2)19-12/h3-7,17H,1-2H3,(H2,13,14,16,18). The van der Waals surface area contributed by atoms with Gasteiger partial charge < -0.3 is 14.8 Å². The lowest BCUT2D eigenvalue weighted by molar-refractivity contribution is 0.199. The number of carbonyl (C=O) groups is 1. The summed E-state index contributed by atoms with van der Waals surface area (Å²) in [5.41, 5.74) is 1.28. The second-order valence-corrected chi connectivity index (χ2v) is 4.01. The Labute approximate surface area is 109 Å². The van der Waals surface area contributed by atoms with Crippen LogP contribution in [0.4, 0.5) is 16.5 Å². The summed E-state index contributed by atoms with van der Waals surface area (Å²) in [6.07, 6.45) is -0.594. The van der Waals surface area contributed by atoms with Crippen LogP contribution in [0.25, 0.3) is 0 Å². The van der Waals surface area contributed by atoms with Gasteiger partial charge in [0.15, 0.2) is 0 Å². The van der Waals surface area contributed by atoms with Crippen LogP contribution in [0.2, 0.25) is 0 Å². The van der Waals surface area contributed by atoms with E-state index in [9.17, 15) is 9.90 Å². The number of aliphatic hydroxyl groups is 1. The predicted octanol–water partition coefficient (Wildman–Crippen LogP) is 2.08. The highest BCUT2D eigenvalue weighted by Crippen LogP contribution is 2.17. The lowest BCUT2D eigenvalue weighted by Crippen LogP contribution is -2.19. The Morgan fingerprint density at radius 3 is 2.79 bits per heavy atom. The number of nitrogens with zero attached hydrogens (tertiary/aromatic N) is 2. The van der Waals surface area contributed by atoms with Gasteiger partial charge in [-0.05, 0) is 24.6 Å². The van der Waals surface area contributed by atoms with Gasteiger partial charge in [-0.2, -0.15) is 0 Å². The number of hydrogen-bond acceptors (Lipinski definition) is 5. The highest BCUT2D eigenvalue weighted by atomic mass is 16.4. The van der Waals surface area contributed by atoms with E-state index in [0.29, 0.717) is 17.1 Å². The van der Waals surface area contributed by atoms with Crippen molar-refractivity contribution in [2.45, 2.75) is 20.0 Å². The third kappa shape index (κ3) is 3.52. The fourth-order valence-corrected chi connectivity index (χ4v) is 1.48. The first kappa shape index (κ1) is 13.0. The molecule has 0 aliphatic heterocycles. The highest BCUT2D eigenvalue weighted by Gasteiger charge is 2.08. The number of urea groups is 1. The molecule has 0 saturated heterocycles. The molecule has 2 amide bonds. The number of anilines is 2. The SMILES string of the molecule is Cc1nnc(NC(=O)Nc2cccc(C(C)O)c2)o1. The summed E-state index contributed by atoms with van der Waals surface area (Å²) in [5.74, 6) is 0.367. The zero-order valence-corrected chi connectivity index (χ0v) is 10.5. The van der Waals surface area contributed by atoms with E-state index in [-0.39, 0.29) is 6.01 Å². The molecule has 1 heterocycles. The molecule has 1 aromatic carbocycles. The normalized spacial score (nSPS) is 11.9. The summed E-state index contributed by atoms with van der Waals surface area (Å²) in [4.78, 5) is 11.7. The lowest BCUT2D eigenvalue weighted by Gasteiger charge is -2.08. The molecule has 0 fully saturated rings. The Morgan fingerprint density at radius 1 is 1.37 bits per heavy atom. The minimum Gasteiger partial charge on any atom is -0.408 e. The van der Waals surface area contributed by atoms with Crippen LogP contribution in [0.5, 0.6) is 0 Å².